The van der Waals surface area contributed by atoms with Crippen molar-refractivity contribution in [2.75, 3.05) is 5.75 Å². The highest BCUT2D eigenvalue weighted by Gasteiger charge is 2.23. The summed E-state index contributed by atoms with van der Waals surface area (Å²) in [7, 11) is 0. The summed E-state index contributed by atoms with van der Waals surface area (Å²) in [6.45, 7) is 9.04. The van der Waals surface area contributed by atoms with Crippen LogP contribution in [0, 0.1) is 5.92 Å². The Hall–Kier alpha value is -1.34. The van der Waals surface area contributed by atoms with Crippen LogP contribution in [-0.4, -0.2) is 27.3 Å². The Labute approximate surface area is 175 Å². The molecule has 7 heteroatoms. The first kappa shape index (κ1) is 21.4. The fourth-order valence-corrected chi connectivity index (χ4v) is 5.62. The summed E-state index contributed by atoms with van der Waals surface area (Å²) >= 11 is 3.05. The maximum Gasteiger partial charge on any atom is 0.263 e. The van der Waals surface area contributed by atoms with Crippen LogP contribution in [-0.2, 0) is 24.2 Å². The molecule has 1 N–H and O–H groups in total. The first-order valence-electron chi connectivity index (χ1n) is 10.4. The van der Waals surface area contributed by atoms with Crippen molar-refractivity contribution in [3.05, 3.63) is 20.8 Å². The fourth-order valence-electron chi connectivity index (χ4n) is 3.48. The molecule has 0 aromatic carbocycles. The lowest BCUT2D eigenvalue weighted by Crippen LogP contribution is -2.37. The largest absolute Gasteiger partial charge is 0.353 e. The number of unbranched alkanes of at least 4 members (excludes halogenated alkanes) is 2. The quantitative estimate of drug-likeness (QED) is 0.370. The number of nitrogens with zero attached hydrogens (tertiary/aromatic N) is 2. The first-order chi connectivity index (χ1) is 13.4. The summed E-state index contributed by atoms with van der Waals surface area (Å²) in [4.78, 5) is 32.6. The number of hydrogen-bond donors (Lipinski definition) is 1. The Balaban J connectivity index is 1.86. The third kappa shape index (κ3) is 4.62. The van der Waals surface area contributed by atoms with Gasteiger partial charge in [-0.1, -0.05) is 45.4 Å². The number of carbonyl (C=O) groups is 1. The second-order valence-electron chi connectivity index (χ2n) is 7.98. The van der Waals surface area contributed by atoms with E-state index in [2.05, 4.69) is 26.1 Å². The molecule has 0 radical (unpaired) electrons. The molecule has 2 aromatic heterocycles. The zero-order valence-electron chi connectivity index (χ0n) is 17.3. The van der Waals surface area contributed by atoms with Crippen LogP contribution in [0.25, 0.3) is 10.2 Å². The summed E-state index contributed by atoms with van der Waals surface area (Å²) in [5.74, 6) is 0.673. The SMILES string of the molecule is CCCCCn1c(SCC(=O)NC(C)C(C)C)nc2sc3c(c2c1=O)CCC3. The second kappa shape index (κ2) is 9.44. The number of thiophene rings is 1. The van der Waals surface area contributed by atoms with Crippen LogP contribution in [0.4, 0.5) is 0 Å². The van der Waals surface area contributed by atoms with Crippen molar-refractivity contribution in [3.63, 3.8) is 0 Å². The number of amides is 1. The van der Waals surface area contributed by atoms with Gasteiger partial charge in [0.1, 0.15) is 4.83 Å². The highest BCUT2D eigenvalue weighted by molar-refractivity contribution is 7.99. The van der Waals surface area contributed by atoms with Crippen molar-refractivity contribution in [1.29, 1.82) is 0 Å². The van der Waals surface area contributed by atoms with Gasteiger partial charge in [-0.3, -0.25) is 14.2 Å². The number of nitrogens with one attached hydrogen (secondary N) is 1. The average Bonchev–Trinajstić information content (AvgIpc) is 3.22. The molecule has 1 atom stereocenters. The lowest BCUT2D eigenvalue weighted by Gasteiger charge is -2.17. The van der Waals surface area contributed by atoms with Crippen molar-refractivity contribution in [1.82, 2.24) is 14.9 Å². The van der Waals surface area contributed by atoms with Gasteiger partial charge in [0.2, 0.25) is 5.91 Å². The molecule has 1 aliphatic carbocycles. The van der Waals surface area contributed by atoms with Gasteiger partial charge in [-0.05, 0) is 44.1 Å². The van der Waals surface area contributed by atoms with E-state index in [1.807, 2.05) is 11.5 Å². The fraction of sp³-hybridized carbons (Fsp3) is 0.667. The van der Waals surface area contributed by atoms with E-state index >= 15 is 0 Å². The number of rotatable bonds is 9. The molecule has 0 saturated heterocycles. The third-order valence-electron chi connectivity index (χ3n) is 5.50. The number of aryl methyl sites for hydroxylation is 2. The summed E-state index contributed by atoms with van der Waals surface area (Å²) < 4.78 is 1.81. The first-order valence-corrected chi connectivity index (χ1v) is 12.2. The van der Waals surface area contributed by atoms with Crippen LogP contribution < -0.4 is 10.9 Å². The lowest BCUT2D eigenvalue weighted by atomic mass is 10.1. The zero-order valence-corrected chi connectivity index (χ0v) is 19.0. The van der Waals surface area contributed by atoms with Gasteiger partial charge in [0.25, 0.3) is 5.56 Å². The number of hydrogen-bond acceptors (Lipinski definition) is 5. The Morgan fingerprint density at radius 1 is 1.29 bits per heavy atom. The van der Waals surface area contributed by atoms with E-state index in [-0.39, 0.29) is 23.3 Å². The zero-order chi connectivity index (χ0) is 20.3. The smallest absolute Gasteiger partial charge is 0.263 e. The van der Waals surface area contributed by atoms with Crippen LogP contribution in [0.1, 0.15) is 63.8 Å². The van der Waals surface area contributed by atoms with Crippen molar-refractivity contribution < 1.29 is 4.79 Å². The van der Waals surface area contributed by atoms with E-state index in [4.69, 9.17) is 4.98 Å². The highest BCUT2D eigenvalue weighted by Crippen LogP contribution is 2.35. The topological polar surface area (TPSA) is 64.0 Å². The number of thioether (sulfide) groups is 1. The van der Waals surface area contributed by atoms with Gasteiger partial charge in [0, 0.05) is 17.5 Å². The molecule has 3 rings (SSSR count). The Bertz CT molecular complexity index is 901. The number of fused-ring (bicyclic) bond motifs is 3. The molecule has 0 saturated carbocycles. The predicted octanol–water partition coefficient (Wildman–Crippen LogP) is 4.39. The molecular formula is C21H31N3O2S2. The second-order valence-corrected chi connectivity index (χ2v) is 10.0. The van der Waals surface area contributed by atoms with Gasteiger partial charge in [0.15, 0.2) is 5.16 Å². The molecule has 1 unspecified atom stereocenters. The molecule has 28 heavy (non-hydrogen) atoms. The Kier molecular flexibility index (Phi) is 7.20. The highest BCUT2D eigenvalue weighted by atomic mass is 32.2. The predicted molar refractivity (Wildman–Crippen MR) is 119 cm³/mol. The van der Waals surface area contributed by atoms with Crippen molar-refractivity contribution >= 4 is 39.2 Å². The van der Waals surface area contributed by atoms with Crippen LogP contribution in [0.5, 0.6) is 0 Å². The summed E-state index contributed by atoms with van der Waals surface area (Å²) in [6.07, 6.45) is 6.34. The summed E-state index contributed by atoms with van der Waals surface area (Å²) in [5, 5.41) is 4.54. The van der Waals surface area contributed by atoms with Crippen molar-refractivity contribution in [2.45, 2.75) is 84.0 Å². The molecule has 0 spiro atoms. The Morgan fingerprint density at radius 3 is 2.79 bits per heavy atom. The molecule has 0 bridgehead atoms. The molecular weight excluding hydrogens is 390 g/mol. The van der Waals surface area contributed by atoms with Crippen molar-refractivity contribution in [2.24, 2.45) is 5.92 Å². The van der Waals surface area contributed by atoms with Gasteiger partial charge < -0.3 is 5.32 Å². The van der Waals surface area contributed by atoms with E-state index in [9.17, 15) is 9.59 Å². The van der Waals surface area contributed by atoms with Gasteiger partial charge in [-0.2, -0.15) is 0 Å². The van der Waals surface area contributed by atoms with Gasteiger partial charge >= 0.3 is 0 Å². The van der Waals surface area contributed by atoms with E-state index in [0.717, 1.165) is 48.7 Å². The molecule has 0 aliphatic heterocycles. The van der Waals surface area contributed by atoms with Crippen LogP contribution >= 0.6 is 23.1 Å². The molecule has 2 heterocycles. The van der Waals surface area contributed by atoms with Gasteiger partial charge in [-0.25, -0.2) is 4.98 Å². The number of carbonyl (C=O) groups excluding carboxylic acids is 1. The van der Waals surface area contributed by atoms with Gasteiger partial charge in [0.05, 0.1) is 11.1 Å². The van der Waals surface area contributed by atoms with Crippen LogP contribution in [0.3, 0.4) is 0 Å². The van der Waals surface area contributed by atoms with Crippen molar-refractivity contribution in [3.8, 4) is 0 Å². The number of aromatic nitrogens is 2. The molecule has 154 valence electrons. The van der Waals surface area contributed by atoms with E-state index in [1.54, 1.807) is 11.3 Å². The van der Waals surface area contributed by atoms with Gasteiger partial charge in [-0.15, -0.1) is 11.3 Å². The molecule has 1 amide bonds. The minimum Gasteiger partial charge on any atom is -0.353 e. The maximum absolute atomic E-state index is 13.3. The summed E-state index contributed by atoms with van der Waals surface area (Å²) in [6, 6.07) is 0.135. The third-order valence-corrected chi connectivity index (χ3v) is 7.66. The van der Waals surface area contributed by atoms with E-state index in [1.165, 1.54) is 22.2 Å². The standard InChI is InChI=1S/C21H31N3O2S2/c1-5-6-7-11-24-20(26)18-15-9-8-10-16(15)28-19(18)23-21(24)27-12-17(25)22-14(4)13(2)3/h13-14H,5-12H2,1-4H3,(H,22,25). The maximum atomic E-state index is 13.3. The molecule has 0 fully saturated rings. The van der Waals surface area contributed by atoms with E-state index < -0.39 is 0 Å². The molecule has 2 aromatic rings. The van der Waals surface area contributed by atoms with Crippen LogP contribution in [0.2, 0.25) is 0 Å². The average molecular weight is 422 g/mol. The lowest BCUT2D eigenvalue weighted by molar-refractivity contribution is -0.119. The Morgan fingerprint density at radius 2 is 2.07 bits per heavy atom. The molecule has 1 aliphatic rings. The minimum atomic E-state index is -0.00525. The normalized spacial score (nSPS) is 14.6. The summed E-state index contributed by atoms with van der Waals surface area (Å²) in [5.41, 5.74) is 1.31. The minimum absolute atomic E-state index is 0.00525. The monoisotopic (exact) mass is 421 g/mol. The van der Waals surface area contributed by atoms with E-state index in [0.29, 0.717) is 17.6 Å². The molecule has 5 nitrogen and oxygen atoms in total. The van der Waals surface area contributed by atoms with Crippen LogP contribution in [0.15, 0.2) is 9.95 Å².